The van der Waals surface area contributed by atoms with Crippen LogP contribution in [0.3, 0.4) is 0 Å². The number of sulfone groups is 1. The molecule has 1 N–H and O–H groups in total. The third-order valence-electron chi connectivity index (χ3n) is 3.10. The Bertz CT molecular complexity index is 928. The van der Waals surface area contributed by atoms with Crippen LogP contribution in [0.2, 0.25) is 0 Å². The first-order chi connectivity index (χ1) is 9.60. The zero-order chi connectivity index (χ0) is 14.2. The van der Waals surface area contributed by atoms with Crippen molar-refractivity contribution in [3.63, 3.8) is 0 Å². The van der Waals surface area contributed by atoms with E-state index in [1.165, 1.54) is 18.3 Å². The summed E-state index contributed by atoms with van der Waals surface area (Å²) in [4.78, 5) is 15.1. The van der Waals surface area contributed by atoms with E-state index in [9.17, 15) is 13.2 Å². The van der Waals surface area contributed by atoms with Crippen LogP contribution in [0.4, 0.5) is 0 Å². The van der Waals surface area contributed by atoms with Crippen molar-refractivity contribution in [2.45, 2.75) is 9.79 Å². The van der Waals surface area contributed by atoms with E-state index in [0.29, 0.717) is 10.9 Å². The van der Waals surface area contributed by atoms with Crippen LogP contribution >= 0.6 is 0 Å². The van der Waals surface area contributed by atoms with Gasteiger partial charge in [0, 0.05) is 17.1 Å². The summed E-state index contributed by atoms with van der Waals surface area (Å²) in [6.45, 7) is 0. The quantitative estimate of drug-likeness (QED) is 0.786. The molecule has 3 rings (SSSR count). The second-order valence-electron chi connectivity index (χ2n) is 4.34. The Balaban J connectivity index is 2.31. The van der Waals surface area contributed by atoms with Crippen molar-refractivity contribution < 1.29 is 8.42 Å². The zero-order valence-corrected chi connectivity index (χ0v) is 11.2. The summed E-state index contributed by atoms with van der Waals surface area (Å²) in [5.41, 5.74) is 0.132. The van der Waals surface area contributed by atoms with E-state index in [4.69, 9.17) is 0 Å². The highest BCUT2D eigenvalue weighted by atomic mass is 32.2. The van der Waals surface area contributed by atoms with Crippen LogP contribution < -0.4 is 5.43 Å². The normalized spacial score (nSPS) is 11.6. The first-order valence-corrected chi connectivity index (χ1v) is 7.49. The van der Waals surface area contributed by atoms with Gasteiger partial charge in [-0.3, -0.25) is 4.79 Å². The zero-order valence-electron chi connectivity index (χ0n) is 10.4. The molecule has 0 fully saturated rings. The van der Waals surface area contributed by atoms with Gasteiger partial charge in [-0.1, -0.05) is 30.3 Å². The Morgan fingerprint density at radius 2 is 1.50 bits per heavy atom. The molecule has 0 saturated carbocycles. The number of hydrogen-bond acceptors (Lipinski definition) is 3. The molecule has 100 valence electrons. The van der Waals surface area contributed by atoms with Crippen molar-refractivity contribution >= 4 is 20.7 Å². The molecule has 0 radical (unpaired) electrons. The fourth-order valence-electron chi connectivity index (χ4n) is 2.07. The lowest BCUT2D eigenvalue weighted by atomic mass is 10.2. The van der Waals surface area contributed by atoms with Crippen LogP contribution in [0, 0.1) is 0 Å². The maximum absolute atomic E-state index is 12.5. The minimum Gasteiger partial charge on any atom is -0.360 e. The van der Waals surface area contributed by atoms with Gasteiger partial charge >= 0.3 is 0 Å². The molecule has 0 bridgehead atoms. The van der Waals surface area contributed by atoms with Crippen molar-refractivity contribution in [1.29, 1.82) is 0 Å². The van der Waals surface area contributed by atoms with Gasteiger partial charge in [0.25, 0.3) is 0 Å². The molecule has 0 aliphatic carbocycles. The molecule has 0 aliphatic rings. The average molecular weight is 285 g/mol. The highest BCUT2D eigenvalue weighted by molar-refractivity contribution is 7.91. The summed E-state index contributed by atoms with van der Waals surface area (Å²) in [7, 11) is -3.80. The van der Waals surface area contributed by atoms with E-state index in [-0.39, 0.29) is 9.79 Å². The highest BCUT2D eigenvalue weighted by Gasteiger charge is 2.21. The Kier molecular flexibility index (Phi) is 2.91. The number of fused-ring (bicyclic) bond motifs is 1. The number of para-hydroxylation sites is 1. The van der Waals surface area contributed by atoms with Gasteiger partial charge < -0.3 is 4.98 Å². The van der Waals surface area contributed by atoms with Gasteiger partial charge in [-0.2, -0.15) is 0 Å². The molecular weight excluding hydrogens is 274 g/mol. The summed E-state index contributed by atoms with van der Waals surface area (Å²) in [5, 5.41) is 0.365. The van der Waals surface area contributed by atoms with Gasteiger partial charge in [-0.05, 0) is 24.3 Å². The van der Waals surface area contributed by atoms with E-state index < -0.39 is 15.3 Å². The summed E-state index contributed by atoms with van der Waals surface area (Å²) in [5.74, 6) is 0. The van der Waals surface area contributed by atoms with Crippen LogP contribution in [0.25, 0.3) is 10.9 Å². The predicted molar refractivity (Wildman–Crippen MR) is 76.5 cm³/mol. The summed E-state index contributed by atoms with van der Waals surface area (Å²) >= 11 is 0. The maximum Gasteiger partial charge on any atom is 0.211 e. The lowest BCUT2D eigenvalue weighted by Gasteiger charge is -2.05. The second-order valence-corrected chi connectivity index (χ2v) is 6.26. The largest absolute Gasteiger partial charge is 0.360 e. The fourth-order valence-corrected chi connectivity index (χ4v) is 3.41. The standard InChI is InChI=1S/C15H11NO3S/c17-15-12-8-4-5-9-13(12)16-10-14(15)20(18,19)11-6-2-1-3-7-11/h1-10H,(H,16,17). The van der Waals surface area contributed by atoms with E-state index in [1.54, 1.807) is 42.5 Å². The van der Waals surface area contributed by atoms with Crippen molar-refractivity contribution in [1.82, 2.24) is 4.98 Å². The van der Waals surface area contributed by atoms with Gasteiger partial charge in [-0.25, -0.2) is 8.42 Å². The van der Waals surface area contributed by atoms with Crippen molar-refractivity contribution in [3.8, 4) is 0 Å². The van der Waals surface area contributed by atoms with Gasteiger partial charge in [-0.15, -0.1) is 0 Å². The van der Waals surface area contributed by atoms with E-state index in [2.05, 4.69) is 4.98 Å². The Morgan fingerprint density at radius 3 is 2.25 bits per heavy atom. The Hall–Kier alpha value is -2.40. The van der Waals surface area contributed by atoms with Crippen LogP contribution in [0.15, 0.2) is 75.4 Å². The Morgan fingerprint density at radius 1 is 0.850 bits per heavy atom. The average Bonchev–Trinajstić information content (AvgIpc) is 2.48. The molecule has 0 amide bonds. The topological polar surface area (TPSA) is 67.0 Å². The molecule has 0 aliphatic heterocycles. The molecule has 0 saturated heterocycles. The number of nitrogens with one attached hydrogen (secondary N) is 1. The van der Waals surface area contributed by atoms with Gasteiger partial charge in [0.2, 0.25) is 15.3 Å². The molecule has 3 aromatic rings. The van der Waals surface area contributed by atoms with Crippen LogP contribution in [0.1, 0.15) is 0 Å². The molecule has 1 aromatic heterocycles. The summed E-state index contributed by atoms with van der Waals surface area (Å²) in [6, 6.07) is 14.8. The Labute approximate surface area is 115 Å². The lowest BCUT2D eigenvalue weighted by molar-refractivity contribution is 0.595. The maximum atomic E-state index is 12.5. The molecule has 2 aromatic carbocycles. The minimum absolute atomic E-state index is 0.112. The highest BCUT2D eigenvalue weighted by Crippen LogP contribution is 2.18. The van der Waals surface area contributed by atoms with Gasteiger partial charge in [0.05, 0.1) is 4.90 Å². The van der Waals surface area contributed by atoms with E-state index in [1.807, 2.05) is 0 Å². The third-order valence-corrected chi connectivity index (χ3v) is 4.87. The number of pyridine rings is 1. The number of hydrogen-bond donors (Lipinski definition) is 1. The lowest BCUT2D eigenvalue weighted by Crippen LogP contribution is -2.16. The molecule has 0 unspecified atom stereocenters. The monoisotopic (exact) mass is 285 g/mol. The van der Waals surface area contributed by atoms with Crippen LogP contribution in [0.5, 0.6) is 0 Å². The predicted octanol–water partition coefficient (Wildman–Crippen LogP) is 2.36. The molecular formula is C15H11NO3S. The number of aromatic nitrogens is 1. The SMILES string of the molecule is O=c1c(S(=O)(=O)c2ccccc2)c[nH]c2ccccc12. The molecule has 20 heavy (non-hydrogen) atoms. The van der Waals surface area contributed by atoms with E-state index >= 15 is 0 Å². The number of benzene rings is 2. The van der Waals surface area contributed by atoms with Gasteiger partial charge in [0.15, 0.2) is 0 Å². The van der Waals surface area contributed by atoms with Crippen molar-refractivity contribution in [2.24, 2.45) is 0 Å². The molecule has 4 nitrogen and oxygen atoms in total. The van der Waals surface area contributed by atoms with Gasteiger partial charge in [0.1, 0.15) is 4.90 Å². The molecule has 5 heteroatoms. The number of rotatable bonds is 2. The second kappa shape index (κ2) is 4.61. The van der Waals surface area contributed by atoms with Crippen LogP contribution in [-0.4, -0.2) is 13.4 Å². The van der Waals surface area contributed by atoms with E-state index in [0.717, 1.165) is 0 Å². The molecule has 0 spiro atoms. The third kappa shape index (κ3) is 1.92. The van der Waals surface area contributed by atoms with Crippen molar-refractivity contribution in [2.75, 3.05) is 0 Å². The number of H-pyrrole nitrogens is 1. The first-order valence-electron chi connectivity index (χ1n) is 6.01. The summed E-state index contributed by atoms with van der Waals surface area (Å²) < 4.78 is 25.0. The minimum atomic E-state index is -3.80. The number of aromatic amines is 1. The summed E-state index contributed by atoms with van der Waals surface area (Å²) in [6.07, 6.45) is 1.26. The fraction of sp³-hybridized carbons (Fsp3) is 0. The smallest absolute Gasteiger partial charge is 0.211 e. The molecule has 0 atom stereocenters. The molecule has 1 heterocycles. The van der Waals surface area contributed by atoms with Crippen LogP contribution in [-0.2, 0) is 9.84 Å². The van der Waals surface area contributed by atoms with Crippen molar-refractivity contribution in [3.05, 3.63) is 71.0 Å². The first kappa shape index (κ1) is 12.6.